The minimum absolute atomic E-state index is 0.0162. The van der Waals surface area contributed by atoms with Crippen LogP contribution in [0.1, 0.15) is 52.9 Å². The summed E-state index contributed by atoms with van der Waals surface area (Å²) >= 11 is 0. The fraction of sp³-hybridized carbons (Fsp3) is 0.765. The van der Waals surface area contributed by atoms with Gasteiger partial charge in [-0.25, -0.2) is 9.59 Å². The summed E-state index contributed by atoms with van der Waals surface area (Å²) in [5, 5.41) is 2.40. The number of ketones is 1. The third-order valence-corrected chi connectivity index (χ3v) is 4.09. The largest absolute Gasteiger partial charge is 0.424 e. The van der Waals surface area contributed by atoms with Gasteiger partial charge in [0, 0.05) is 20.4 Å². The van der Waals surface area contributed by atoms with Gasteiger partial charge < -0.3 is 19.7 Å². The maximum absolute atomic E-state index is 12.1. The Morgan fingerprint density at radius 3 is 2.52 bits per heavy atom. The molecule has 1 fully saturated rings. The Bertz CT molecular complexity index is 494. The van der Waals surface area contributed by atoms with Crippen LogP contribution >= 0.6 is 0 Å². The van der Waals surface area contributed by atoms with Crippen molar-refractivity contribution in [1.82, 2.24) is 10.2 Å². The van der Waals surface area contributed by atoms with E-state index in [2.05, 4.69) is 5.32 Å². The monoisotopic (exact) mass is 356 g/mol. The summed E-state index contributed by atoms with van der Waals surface area (Å²) in [6, 6.07) is -1.29. The molecule has 0 bridgehead atoms. The van der Waals surface area contributed by atoms with Gasteiger partial charge in [-0.3, -0.25) is 9.59 Å². The average molecular weight is 356 g/mol. The van der Waals surface area contributed by atoms with Gasteiger partial charge in [0.25, 0.3) is 0 Å². The molecule has 0 aromatic rings. The van der Waals surface area contributed by atoms with Crippen molar-refractivity contribution in [2.75, 3.05) is 7.05 Å². The number of rotatable bonds is 8. The van der Waals surface area contributed by atoms with E-state index in [4.69, 9.17) is 9.47 Å². The first kappa shape index (κ1) is 20.9. The molecular formula is C17H28N2O6. The van der Waals surface area contributed by atoms with E-state index >= 15 is 0 Å². The van der Waals surface area contributed by atoms with Gasteiger partial charge in [-0.05, 0) is 25.2 Å². The smallest absolute Gasteiger partial charge is 0.413 e. The lowest BCUT2D eigenvalue weighted by molar-refractivity contribution is -0.170. The highest BCUT2D eigenvalue weighted by atomic mass is 16.7. The van der Waals surface area contributed by atoms with Crippen LogP contribution < -0.4 is 5.32 Å². The number of likely N-dealkylation sites (N-methyl/N-ethyl adjacent to an activating group) is 1. The van der Waals surface area contributed by atoms with Crippen molar-refractivity contribution in [1.29, 1.82) is 0 Å². The quantitative estimate of drug-likeness (QED) is 0.403. The molecule has 0 heterocycles. The molecule has 3 unspecified atom stereocenters. The highest BCUT2D eigenvalue weighted by molar-refractivity contribution is 5.87. The normalized spacial score (nSPS) is 19.7. The van der Waals surface area contributed by atoms with E-state index in [9.17, 15) is 19.2 Å². The van der Waals surface area contributed by atoms with Crippen LogP contribution in [0.2, 0.25) is 0 Å². The van der Waals surface area contributed by atoms with Crippen LogP contribution in [0, 0.1) is 5.92 Å². The van der Waals surface area contributed by atoms with E-state index in [1.165, 1.54) is 18.9 Å². The second-order valence-corrected chi connectivity index (χ2v) is 6.69. The first-order valence-electron chi connectivity index (χ1n) is 8.62. The van der Waals surface area contributed by atoms with Gasteiger partial charge in [0.15, 0.2) is 5.78 Å². The maximum Gasteiger partial charge on any atom is 0.413 e. The molecule has 0 saturated heterocycles. The van der Waals surface area contributed by atoms with E-state index in [0.717, 1.165) is 12.8 Å². The van der Waals surface area contributed by atoms with Crippen molar-refractivity contribution in [3.8, 4) is 0 Å². The van der Waals surface area contributed by atoms with Gasteiger partial charge in [-0.15, -0.1) is 0 Å². The number of nitrogens with one attached hydrogen (secondary N) is 1. The van der Waals surface area contributed by atoms with Crippen molar-refractivity contribution in [3.05, 3.63) is 0 Å². The number of amides is 2. The number of carbonyl (C=O) groups excluding carboxylic acids is 4. The van der Waals surface area contributed by atoms with Crippen molar-refractivity contribution in [2.24, 2.45) is 5.92 Å². The van der Waals surface area contributed by atoms with Crippen molar-refractivity contribution >= 4 is 24.3 Å². The number of carbonyl (C=O) groups is 4. The van der Waals surface area contributed by atoms with Crippen LogP contribution in [-0.2, 0) is 23.9 Å². The van der Waals surface area contributed by atoms with E-state index < -0.39 is 30.4 Å². The van der Waals surface area contributed by atoms with Crippen molar-refractivity contribution in [2.45, 2.75) is 71.2 Å². The van der Waals surface area contributed by atoms with Gasteiger partial charge in [0.2, 0.25) is 12.7 Å². The van der Waals surface area contributed by atoms with Crippen LogP contribution in [0.25, 0.3) is 0 Å². The summed E-state index contributed by atoms with van der Waals surface area (Å²) in [6.07, 6.45) is 1.80. The average Bonchev–Trinajstić information content (AvgIpc) is 2.53. The molecule has 1 N–H and O–H groups in total. The van der Waals surface area contributed by atoms with Crippen LogP contribution in [0.15, 0.2) is 0 Å². The lowest BCUT2D eigenvalue weighted by Crippen LogP contribution is -2.46. The molecule has 1 aliphatic carbocycles. The third-order valence-electron chi connectivity index (χ3n) is 4.09. The second kappa shape index (κ2) is 10.0. The molecule has 0 radical (unpaired) electrons. The van der Waals surface area contributed by atoms with Crippen LogP contribution in [0.4, 0.5) is 4.79 Å². The Morgan fingerprint density at radius 2 is 1.96 bits per heavy atom. The third kappa shape index (κ3) is 6.72. The van der Waals surface area contributed by atoms with Crippen LogP contribution in [0.3, 0.4) is 0 Å². The fourth-order valence-corrected chi connectivity index (χ4v) is 2.78. The number of hydrogen-bond donors (Lipinski definition) is 1. The predicted octanol–water partition coefficient (Wildman–Crippen LogP) is 1.62. The molecule has 8 nitrogen and oxygen atoms in total. The zero-order chi connectivity index (χ0) is 19.0. The summed E-state index contributed by atoms with van der Waals surface area (Å²) in [5.74, 6) is -0.480. The first-order valence-corrected chi connectivity index (χ1v) is 8.62. The predicted molar refractivity (Wildman–Crippen MR) is 89.5 cm³/mol. The van der Waals surface area contributed by atoms with Gasteiger partial charge in [-0.1, -0.05) is 20.3 Å². The molecule has 0 aromatic carbocycles. The Labute approximate surface area is 148 Å². The highest BCUT2D eigenvalue weighted by Gasteiger charge is 2.31. The van der Waals surface area contributed by atoms with Gasteiger partial charge in [-0.2, -0.15) is 0 Å². The molecule has 3 atom stereocenters. The lowest BCUT2D eigenvalue weighted by atomic mass is 9.93. The zero-order valence-electron chi connectivity index (χ0n) is 15.3. The topological polar surface area (TPSA) is 102 Å². The first-order chi connectivity index (χ1) is 11.8. The number of Topliss-reactive ketones (excluding diaryl/α,β-unsaturated/α-hetero) is 1. The van der Waals surface area contributed by atoms with Crippen molar-refractivity contribution < 1.29 is 28.7 Å². The Balaban J connectivity index is 2.54. The van der Waals surface area contributed by atoms with E-state index in [1.54, 1.807) is 0 Å². The van der Waals surface area contributed by atoms with Gasteiger partial charge >= 0.3 is 12.1 Å². The van der Waals surface area contributed by atoms with Gasteiger partial charge in [0.05, 0.1) is 6.04 Å². The van der Waals surface area contributed by atoms with Crippen LogP contribution in [-0.4, -0.2) is 54.6 Å². The summed E-state index contributed by atoms with van der Waals surface area (Å²) < 4.78 is 10.2. The molecule has 1 rings (SSSR count). The number of nitrogens with zero attached hydrogens (tertiary/aromatic N) is 1. The van der Waals surface area contributed by atoms with E-state index in [0.29, 0.717) is 25.7 Å². The lowest BCUT2D eigenvalue weighted by Gasteiger charge is -2.30. The minimum Gasteiger partial charge on any atom is -0.424 e. The Morgan fingerprint density at radius 1 is 1.28 bits per heavy atom. The fourth-order valence-electron chi connectivity index (χ4n) is 2.78. The summed E-state index contributed by atoms with van der Waals surface area (Å²) in [7, 11) is 1.50. The molecule has 142 valence electrons. The van der Waals surface area contributed by atoms with Gasteiger partial charge in [0.1, 0.15) is 6.04 Å². The molecule has 0 aromatic heterocycles. The van der Waals surface area contributed by atoms with E-state index in [-0.39, 0.29) is 11.7 Å². The molecular weight excluding hydrogens is 328 g/mol. The summed E-state index contributed by atoms with van der Waals surface area (Å²) in [6.45, 7) is 5.23. The Hall–Kier alpha value is -2.12. The summed E-state index contributed by atoms with van der Waals surface area (Å²) in [4.78, 5) is 48.0. The number of hydrogen-bond acceptors (Lipinski definition) is 6. The second-order valence-electron chi connectivity index (χ2n) is 6.69. The Kier molecular flexibility index (Phi) is 8.37. The minimum atomic E-state index is -1.12. The standard InChI is InChI=1S/C17H28N2O6/c1-11(2)9-13(18-10-20)16(22)24-12(3)25-17(23)19(4)14-7-5-6-8-15(14)21/h10-14H,5-9H2,1-4H3,(H,18,20). The molecule has 0 spiro atoms. The highest BCUT2D eigenvalue weighted by Crippen LogP contribution is 2.19. The molecule has 1 saturated carbocycles. The maximum atomic E-state index is 12.1. The van der Waals surface area contributed by atoms with Crippen LogP contribution in [0.5, 0.6) is 0 Å². The molecule has 1 aliphatic rings. The molecule has 25 heavy (non-hydrogen) atoms. The number of ether oxygens (including phenoxy) is 2. The number of esters is 1. The molecule has 8 heteroatoms. The molecule has 2 amide bonds. The van der Waals surface area contributed by atoms with Crippen molar-refractivity contribution in [3.63, 3.8) is 0 Å². The zero-order valence-corrected chi connectivity index (χ0v) is 15.3. The SMILES string of the molecule is CC(C)CC(NC=O)C(=O)OC(C)OC(=O)N(C)C1CCCCC1=O. The van der Waals surface area contributed by atoms with E-state index in [1.807, 2.05) is 13.8 Å². The summed E-state index contributed by atoms with van der Waals surface area (Å²) in [5.41, 5.74) is 0. The molecule has 0 aliphatic heterocycles.